The minimum absolute atomic E-state index is 0.0764. The molecule has 2 amide bonds. The summed E-state index contributed by atoms with van der Waals surface area (Å²) in [5, 5.41) is 33.1. The Hall–Kier alpha value is -3.73. The van der Waals surface area contributed by atoms with Gasteiger partial charge in [0.25, 0.3) is 5.91 Å². The van der Waals surface area contributed by atoms with Gasteiger partial charge in [-0.2, -0.15) is 13.2 Å². The second kappa shape index (κ2) is 15.2. The van der Waals surface area contributed by atoms with E-state index in [1.165, 1.54) is 48.4 Å². The van der Waals surface area contributed by atoms with Gasteiger partial charge in [0.2, 0.25) is 5.91 Å². The molecular weight excluding hydrogens is 727 g/mol. The van der Waals surface area contributed by atoms with Crippen molar-refractivity contribution in [2.75, 3.05) is 20.3 Å². The van der Waals surface area contributed by atoms with Crippen LogP contribution >= 0.6 is 22.6 Å². The molecule has 0 saturated carbocycles. The van der Waals surface area contributed by atoms with Gasteiger partial charge in [-0.25, -0.2) is 4.39 Å². The van der Waals surface area contributed by atoms with Crippen molar-refractivity contribution in [1.82, 2.24) is 10.2 Å². The summed E-state index contributed by atoms with van der Waals surface area (Å²) in [6.07, 6.45) is -6.15. The smallest absolute Gasteiger partial charge is 0.416 e. The summed E-state index contributed by atoms with van der Waals surface area (Å²) in [7, 11) is 1.39. The number of nitrogens with zero attached hydrogens (tertiary/aromatic N) is 1. The van der Waals surface area contributed by atoms with E-state index in [0.717, 1.165) is 24.3 Å². The van der Waals surface area contributed by atoms with Crippen LogP contribution in [0.15, 0.2) is 72.3 Å². The molecule has 46 heavy (non-hydrogen) atoms. The van der Waals surface area contributed by atoms with Crippen LogP contribution in [0, 0.1) is 9.39 Å². The fourth-order valence-electron chi connectivity index (χ4n) is 4.99. The molecule has 3 aromatic carbocycles. The monoisotopic (exact) mass is 758 g/mol. The Morgan fingerprint density at radius 2 is 1.72 bits per heavy atom. The third-order valence-corrected chi connectivity index (χ3v) is 8.13. The number of aliphatic hydroxyl groups excluding tert-OH is 3. The van der Waals surface area contributed by atoms with E-state index in [-0.39, 0.29) is 55.4 Å². The van der Waals surface area contributed by atoms with E-state index in [0.29, 0.717) is 14.7 Å². The van der Waals surface area contributed by atoms with Crippen molar-refractivity contribution >= 4 is 34.4 Å². The van der Waals surface area contributed by atoms with E-state index < -0.39 is 47.6 Å². The fraction of sp³-hybridized carbons (Fsp3) is 0.312. The lowest BCUT2D eigenvalue weighted by molar-refractivity contribution is -0.137. The Morgan fingerprint density at radius 3 is 2.30 bits per heavy atom. The normalized spacial score (nSPS) is 18.0. The summed E-state index contributed by atoms with van der Waals surface area (Å²) < 4.78 is 65.6. The number of methoxy groups -OCH3 is 1. The van der Waals surface area contributed by atoms with Gasteiger partial charge in [-0.15, -0.1) is 0 Å². The van der Waals surface area contributed by atoms with Crippen molar-refractivity contribution in [3.8, 4) is 11.5 Å². The van der Waals surface area contributed by atoms with Crippen molar-refractivity contribution in [1.29, 1.82) is 0 Å². The van der Waals surface area contributed by atoms with Crippen LogP contribution in [0.5, 0.6) is 11.5 Å². The summed E-state index contributed by atoms with van der Waals surface area (Å²) in [5.74, 6) is -1.46. The highest BCUT2D eigenvalue weighted by molar-refractivity contribution is 14.1. The predicted molar refractivity (Wildman–Crippen MR) is 166 cm³/mol. The van der Waals surface area contributed by atoms with E-state index in [1.807, 2.05) is 22.6 Å². The highest BCUT2D eigenvalue weighted by atomic mass is 127. The van der Waals surface area contributed by atoms with Gasteiger partial charge in [-0.05, 0) is 88.3 Å². The Morgan fingerprint density at radius 1 is 1.04 bits per heavy atom. The summed E-state index contributed by atoms with van der Waals surface area (Å²) in [6.45, 7) is -0.903. The predicted octanol–water partition coefficient (Wildman–Crippen LogP) is 4.21. The molecule has 4 rings (SSSR count). The van der Waals surface area contributed by atoms with E-state index in [1.54, 1.807) is 6.07 Å². The van der Waals surface area contributed by atoms with E-state index in [2.05, 4.69) is 5.32 Å². The lowest BCUT2D eigenvalue weighted by Crippen LogP contribution is -2.54. The van der Waals surface area contributed by atoms with Gasteiger partial charge >= 0.3 is 6.18 Å². The summed E-state index contributed by atoms with van der Waals surface area (Å²) in [6, 6.07) is 10.8. The van der Waals surface area contributed by atoms with Crippen LogP contribution in [-0.4, -0.2) is 70.5 Å². The number of ether oxygens (including phenoxy) is 2. The van der Waals surface area contributed by atoms with Crippen LogP contribution in [0.3, 0.4) is 0 Å². The molecule has 9 nitrogen and oxygen atoms in total. The Balaban J connectivity index is 1.78. The SMILES string of the molecule is COc1cc(CO)cc(I)c1O[C@H]1C=C(C(=O)NCCO)C[C@@H](N(Cc2ccc(F)cc2)C(=O)c2ccc(C(F)(F)F)cc2)[C@@H]1O. The van der Waals surface area contributed by atoms with E-state index in [4.69, 9.17) is 9.47 Å². The highest BCUT2D eigenvalue weighted by Gasteiger charge is 2.41. The van der Waals surface area contributed by atoms with Crippen molar-refractivity contribution < 1.29 is 51.9 Å². The first-order chi connectivity index (χ1) is 21.9. The third-order valence-electron chi connectivity index (χ3n) is 7.33. The zero-order valence-electron chi connectivity index (χ0n) is 24.4. The number of nitrogens with one attached hydrogen (secondary N) is 1. The van der Waals surface area contributed by atoms with Crippen LogP contribution in [0.2, 0.25) is 0 Å². The van der Waals surface area contributed by atoms with Crippen molar-refractivity contribution in [3.63, 3.8) is 0 Å². The standard InChI is InChI=1S/C32H31F4IN2O7/c1-45-27-13-19(17-41)12-24(37)29(27)46-26-15-21(30(43)38-10-11-40)14-25(28(26)42)39(16-18-2-8-23(33)9-3-18)31(44)20-4-6-22(7-5-20)32(34,35)36/h2-9,12-13,15,25-26,28,40-42H,10-11,14,16-17H2,1H3,(H,38,43)/t25-,26+,28+/m1/s1. The Labute approximate surface area is 275 Å². The number of hydrogen-bond acceptors (Lipinski definition) is 7. The fourth-order valence-corrected chi connectivity index (χ4v) is 5.78. The van der Waals surface area contributed by atoms with Gasteiger partial charge in [0, 0.05) is 30.6 Å². The molecule has 0 spiro atoms. The summed E-state index contributed by atoms with van der Waals surface area (Å²) in [4.78, 5) is 28.3. The maximum absolute atomic E-state index is 14.0. The van der Waals surface area contributed by atoms with Gasteiger partial charge in [0.05, 0.1) is 35.5 Å². The number of carbonyl (C=O) groups is 2. The lowest BCUT2D eigenvalue weighted by Gasteiger charge is -2.40. The first-order valence-electron chi connectivity index (χ1n) is 14.0. The number of alkyl halides is 3. The Bertz CT molecular complexity index is 1570. The molecule has 0 saturated heterocycles. The van der Waals surface area contributed by atoms with Crippen LogP contribution in [0.4, 0.5) is 17.6 Å². The summed E-state index contributed by atoms with van der Waals surface area (Å²) >= 11 is 1.96. The molecule has 246 valence electrons. The Kier molecular flexibility index (Phi) is 11.6. The molecule has 0 unspecified atom stereocenters. The van der Waals surface area contributed by atoms with Crippen molar-refractivity contribution in [2.45, 2.75) is 44.0 Å². The van der Waals surface area contributed by atoms with Crippen LogP contribution in [-0.2, 0) is 24.1 Å². The molecule has 0 aliphatic heterocycles. The molecule has 3 atom stereocenters. The molecule has 3 aromatic rings. The average Bonchev–Trinajstić information content (AvgIpc) is 3.04. The average molecular weight is 759 g/mol. The summed E-state index contributed by atoms with van der Waals surface area (Å²) in [5.41, 5.74) is 0.0168. The molecule has 0 aromatic heterocycles. The van der Waals surface area contributed by atoms with Crippen molar-refractivity contribution in [3.05, 3.63) is 104 Å². The van der Waals surface area contributed by atoms with Gasteiger partial charge in [0.1, 0.15) is 18.0 Å². The second-order valence-corrected chi connectivity index (χ2v) is 11.6. The zero-order valence-corrected chi connectivity index (χ0v) is 26.6. The van der Waals surface area contributed by atoms with Crippen molar-refractivity contribution in [2.24, 2.45) is 0 Å². The number of carbonyl (C=O) groups excluding carboxylic acids is 2. The maximum Gasteiger partial charge on any atom is 0.416 e. The third kappa shape index (κ3) is 8.34. The van der Waals surface area contributed by atoms with Gasteiger partial charge < -0.3 is 35.0 Å². The maximum atomic E-state index is 14.0. The first kappa shape index (κ1) is 35.1. The first-order valence-corrected chi connectivity index (χ1v) is 15.1. The molecule has 14 heteroatoms. The topological polar surface area (TPSA) is 129 Å². The molecule has 0 radical (unpaired) electrons. The van der Waals surface area contributed by atoms with E-state index in [9.17, 15) is 42.5 Å². The number of hydrogen-bond donors (Lipinski definition) is 4. The van der Waals surface area contributed by atoms with E-state index >= 15 is 0 Å². The minimum Gasteiger partial charge on any atom is -0.493 e. The zero-order chi connectivity index (χ0) is 33.6. The van der Waals surface area contributed by atoms with Crippen LogP contribution in [0.25, 0.3) is 0 Å². The highest BCUT2D eigenvalue weighted by Crippen LogP contribution is 2.38. The number of amides is 2. The molecule has 0 bridgehead atoms. The molecule has 0 heterocycles. The van der Waals surface area contributed by atoms with Gasteiger partial charge in [-0.1, -0.05) is 12.1 Å². The number of benzene rings is 3. The molecule has 1 aliphatic carbocycles. The molecule has 1 aliphatic rings. The molecule has 4 N–H and O–H groups in total. The van der Waals surface area contributed by atoms with Crippen LogP contribution < -0.4 is 14.8 Å². The number of aliphatic hydroxyl groups is 3. The van der Waals surface area contributed by atoms with Gasteiger partial charge in [-0.3, -0.25) is 9.59 Å². The van der Waals surface area contributed by atoms with Crippen LogP contribution in [0.1, 0.15) is 33.5 Å². The quantitative estimate of drug-likeness (QED) is 0.171. The lowest BCUT2D eigenvalue weighted by atomic mass is 9.87. The second-order valence-electron chi connectivity index (χ2n) is 10.4. The largest absolute Gasteiger partial charge is 0.493 e. The number of halogens is 5. The number of rotatable bonds is 11. The molecular formula is C32H31F4IN2O7. The molecule has 0 fully saturated rings. The minimum atomic E-state index is -4.63. The van der Waals surface area contributed by atoms with Gasteiger partial charge in [0.15, 0.2) is 11.5 Å².